The number of hydrogen-bond acceptors (Lipinski definition) is 5. The summed E-state index contributed by atoms with van der Waals surface area (Å²) in [6.07, 6.45) is 2.31. The zero-order chi connectivity index (χ0) is 12.3. The number of piperidine rings is 1. The van der Waals surface area contributed by atoms with Crippen molar-refractivity contribution in [1.82, 2.24) is 14.9 Å². The Labute approximate surface area is 102 Å². The average Bonchev–Trinajstić information content (AvgIpc) is 2.31. The number of ether oxygens (including phenoxy) is 1. The third-order valence-corrected chi connectivity index (χ3v) is 3.09. The van der Waals surface area contributed by atoms with Crippen molar-refractivity contribution in [2.75, 3.05) is 32.6 Å². The number of methoxy groups -OCH3 is 1. The van der Waals surface area contributed by atoms with Gasteiger partial charge in [-0.3, -0.25) is 0 Å². The molecule has 1 aliphatic rings. The summed E-state index contributed by atoms with van der Waals surface area (Å²) in [5.74, 6) is 2.22. The van der Waals surface area contributed by atoms with Gasteiger partial charge in [0.2, 0.25) is 5.88 Å². The van der Waals surface area contributed by atoms with Crippen LogP contribution in [0.25, 0.3) is 0 Å². The second kappa shape index (κ2) is 5.31. The summed E-state index contributed by atoms with van der Waals surface area (Å²) in [6, 6.07) is 2.36. The number of anilines is 1. The molecule has 1 N–H and O–H groups in total. The predicted molar refractivity (Wildman–Crippen MR) is 67.5 cm³/mol. The van der Waals surface area contributed by atoms with Crippen LogP contribution in [0.1, 0.15) is 18.7 Å². The lowest BCUT2D eigenvalue weighted by Crippen LogP contribution is -2.36. The van der Waals surface area contributed by atoms with E-state index in [0.29, 0.717) is 11.9 Å². The first-order valence-electron chi connectivity index (χ1n) is 6.02. The zero-order valence-corrected chi connectivity index (χ0v) is 10.7. The largest absolute Gasteiger partial charge is 0.481 e. The maximum absolute atomic E-state index is 5.14. The molecule has 1 fully saturated rings. The van der Waals surface area contributed by atoms with E-state index in [1.807, 2.05) is 13.0 Å². The van der Waals surface area contributed by atoms with Crippen LogP contribution in [0.15, 0.2) is 6.07 Å². The van der Waals surface area contributed by atoms with Crippen LogP contribution in [0.2, 0.25) is 0 Å². The normalized spacial score (nSPS) is 18.1. The van der Waals surface area contributed by atoms with Gasteiger partial charge in [-0.15, -0.1) is 0 Å². The Balaban J connectivity index is 2.00. The number of rotatable bonds is 3. The van der Waals surface area contributed by atoms with Gasteiger partial charge in [0.05, 0.1) is 7.11 Å². The number of aromatic nitrogens is 2. The summed E-state index contributed by atoms with van der Waals surface area (Å²) < 4.78 is 5.14. The van der Waals surface area contributed by atoms with E-state index >= 15 is 0 Å². The smallest absolute Gasteiger partial charge is 0.218 e. The molecule has 1 aromatic heterocycles. The van der Waals surface area contributed by atoms with Gasteiger partial charge in [0.15, 0.2) is 0 Å². The molecule has 0 amide bonds. The number of aryl methyl sites for hydroxylation is 1. The summed E-state index contributed by atoms with van der Waals surface area (Å²) in [4.78, 5) is 10.9. The maximum Gasteiger partial charge on any atom is 0.218 e. The third-order valence-electron chi connectivity index (χ3n) is 3.09. The molecular weight excluding hydrogens is 216 g/mol. The predicted octanol–water partition coefficient (Wildman–Crippen LogP) is 1.30. The molecule has 0 unspecified atom stereocenters. The molecule has 94 valence electrons. The van der Waals surface area contributed by atoms with E-state index in [0.717, 1.165) is 37.6 Å². The highest BCUT2D eigenvalue weighted by molar-refractivity contribution is 5.39. The molecule has 0 saturated carbocycles. The fourth-order valence-electron chi connectivity index (χ4n) is 2.08. The first kappa shape index (κ1) is 12.1. The standard InChI is InChI=1S/C12H20N4O/c1-9-13-11(8-12(14-9)17-3)15-10-4-6-16(2)7-5-10/h8,10H,4-7H2,1-3H3,(H,13,14,15). The molecule has 0 bridgehead atoms. The summed E-state index contributed by atoms with van der Waals surface area (Å²) in [5.41, 5.74) is 0. The Morgan fingerprint density at radius 3 is 2.71 bits per heavy atom. The van der Waals surface area contributed by atoms with Crippen LogP contribution in [-0.4, -0.2) is 48.2 Å². The summed E-state index contributed by atoms with van der Waals surface area (Å²) in [6.45, 7) is 4.15. The molecule has 1 aromatic rings. The van der Waals surface area contributed by atoms with E-state index in [4.69, 9.17) is 4.74 Å². The SMILES string of the molecule is COc1cc(NC2CCN(C)CC2)nc(C)n1. The van der Waals surface area contributed by atoms with Crippen molar-refractivity contribution in [3.8, 4) is 5.88 Å². The van der Waals surface area contributed by atoms with E-state index in [1.165, 1.54) is 0 Å². The number of nitrogens with one attached hydrogen (secondary N) is 1. The van der Waals surface area contributed by atoms with Crippen molar-refractivity contribution >= 4 is 5.82 Å². The lowest BCUT2D eigenvalue weighted by molar-refractivity contribution is 0.263. The minimum Gasteiger partial charge on any atom is -0.481 e. The van der Waals surface area contributed by atoms with Crippen molar-refractivity contribution in [3.05, 3.63) is 11.9 Å². The molecule has 1 saturated heterocycles. The molecule has 17 heavy (non-hydrogen) atoms. The van der Waals surface area contributed by atoms with Crippen molar-refractivity contribution < 1.29 is 4.74 Å². The van der Waals surface area contributed by atoms with Crippen LogP contribution in [-0.2, 0) is 0 Å². The van der Waals surface area contributed by atoms with Gasteiger partial charge in [0, 0.05) is 12.1 Å². The van der Waals surface area contributed by atoms with Gasteiger partial charge >= 0.3 is 0 Å². The maximum atomic E-state index is 5.14. The number of hydrogen-bond donors (Lipinski definition) is 1. The van der Waals surface area contributed by atoms with Crippen LogP contribution >= 0.6 is 0 Å². The van der Waals surface area contributed by atoms with Crippen LogP contribution in [0, 0.1) is 6.92 Å². The van der Waals surface area contributed by atoms with Crippen molar-refractivity contribution in [3.63, 3.8) is 0 Å². The van der Waals surface area contributed by atoms with Crippen LogP contribution in [0.4, 0.5) is 5.82 Å². The van der Waals surface area contributed by atoms with E-state index in [-0.39, 0.29) is 0 Å². The van der Waals surface area contributed by atoms with Gasteiger partial charge in [-0.1, -0.05) is 0 Å². The van der Waals surface area contributed by atoms with E-state index in [1.54, 1.807) is 7.11 Å². The Hall–Kier alpha value is -1.36. The van der Waals surface area contributed by atoms with Crippen molar-refractivity contribution in [1.29, 1.82) is 0 Å². The molecular formula is C12H20N4O. The molecule has 5 heteroatoms. The third kappa shape index (κ3) is 3.30. The van der Waals surface area contributed by atoms with E-state index in [2.05, 4.69) is 27.2 Å². The topological polar surface area (TPSA) is 50.3 Å². The highest BCUT2D eigenvalue weighted by atomic mass is 16.5. The fourth-order valence-corrected chi connectivity index (χ4v) is 2.08. The van der Waals surface area contributed by atoms with Gasteiger partial charge in [-0.2, -0.15) is 4.98 Å². The van der Waals surface area contributed by atoms with Gasteiger partial charge in [-0.25, -0.2) is 4.98 Å². The molecule has 0 aliphatic carbocycles. The molecule has 5 nitrogen and oxygen atoms in total. The zero-order valence-electron chi connectivity index (χ0n) is 10.7. The molecule has 0 aromatic carbocycles. The quantitative estimate of drug-likeness (QED) is 0.857. The Bertz CT molecular complexity index is 375. The number of nitrogens with zero attached hydrogens (tertiary/aromatic N) is 3. The average molecular weight is 236 g/mol. The van der Waals surface area contributed by atoms with Crippen molar-refractivity contribution in [2.45, 2.75) is 25.8 Å². The van der Waals surface area contributed by atoms with Crippen LogP contribution < -0.4 is 10.1 Å². The highest BCUT2D eigenvalue weighted by Gasteiger charge is 2.17. The lowest BCUT2D eigenvalue weighted by Gasteiger charge is -2.29. The molecule has 1 aliphatic heterocycles. The first-order valence-corrected chi connectivity index (χ1v) is 6.02. The second-order valence-electron chi connectivity index (χ2n) is 4.56. The Morgan fingerprint density at radius 2 is 2.06 bits per heavy atom. The number of likely N-dealkylation sites (tertiary alicyclic amines) is 1. The van der Waals surface area contributed by atoms with E-state index in [9.17, 15) is 0 Å². The summed E-state index contributed by atoms with van der Waals surface area (Å²) in [7, 11) is 3.79. The summed E-state index contributed by atoms with van der Waals surface area (Å²) >= 11 is 0. The minimum atomic E-state index is 0.505. The Morgan fingerprint density at radius 1 is 1.35 bits per heavy atom. The molecule has 2 heterocycles. The molecule has 2 rings (SSSR count). The van der Waals surface area contributed by atoms with Gasteiger partial charge in [-0.05, 0) is 39.9 Å². The second-order valence-corrected chi connectivity index (χ2v) is 4.56. The monoisotopic (exact) mass is 236 g/mol. The van der Waals surface area contributed by atoms with Crippen molar-refractivity contribution in [2.24, 2.45) is 0 Å². The molecule has 0 spiro atoms. The fraction of sp³-hybridized carbons (Fsp3) is 0.667. The highest BCUT2D eigenvalue weighted by Crippen LogP contribution is 2.17. The molecule has 0 radical (unpaired) electrons. The van der Waals surface area contributed by atoms with Crippen LogP contribution in [0.5, 0.6) is 5.88 Å². The Kier molecular flexibility index (Phi) is 3.78. The lowest BCUT2D eigenvalue weighted by atomic mass is 10.1. The minimum absolute atomic E-state index is 0.505. The van der Waals surface area contributed by atoms with Gasteiger partial charge in [0.1, 0.15) is 11.6 Å². The van der Waals surface area contributed by atoms with Gasteiger partial charge < -0.3 is 15.0 Å². The van der Waals surface area contributed by atoms with Crippen LogP contribution in [0.3, 0.4) is 0 Å². The van der Waals surface area contributed by atoms with E-state index < -0.39 is 0 Å². The first-order chi connectivity index (χ1) is 8.17. The summed E-state index contributed by atoms with van der Waals surface area (Å²) in [5, 5.41) is 3.46. The van der Waals surface area contributed by atoms with Gasteiger partial charge in [0.25, 0.3) is 0 Å². The molecule has 0 atom stereocenters.